The number of hydrogen-bond acceptors (Lipinski definition) is 3. The van der Waals surface area contributed by atoms with E-state index in [2.05, 4.69) is 0 Å². The molecule has 1 aromatic rings. The normalized spacial score (nSPS) is 28.0. The second kappa shape index (κ2) is 6.27. The Labute approximate surface area is 156 Å². The molecule has 7 heteroatoms. The summed E-state index contributed by atoms with van der Waals surface area (Å²) in [5, 5.41) is 10.3. The number of rotatable bonds is 3. The largest absolute Gasteiger partial charge is 0.481 e. The first-order valence-electron chi connectivity index (χ1n) is 8.98. The molecule has 2 aliphatic heterocycles. The molecule has 1 aromatic carbocycles. The van der Waals surface area contributed by atoms with Crippen molar-refractivity contribution in [3.05, 3.63) is 34.9 Å². The van der Waals surface area contributed by atoms with Crippen molar-refractivity contribution in [2.45, 2.75) is 19.3 Å². The van der Waals surface area contributed by atoms with Gasteiger partial charge in [0.1, 0.15) is 5.41 Å². The van der Waals surface area contributed by atoms with Crippen LogP contribution in [0.5, 0.6) is 0 Å². The molecule has 0 aromatic heterocycles. The zero-order chi connectivity index (χ0) is 18.5. The maximum absolute atomic E-state index is 12.8. The number of nitrogens with zero attached hydrogens (tertiary/aromatic N) is 2. The molecule has 0 radical (unpaired) electrons. The van der Waals surface area contributed by atoms with Crippen LogP contribution in [-0.4, -0.2) is 58.9 Å². The number of carbonyl (C=O) groups is 3. The summed E-state index contributed by atoms with van der Waals surface area (Å²) in [5.41, 5.74) is -0.687. The van der Waals surface area contributed by atoms with Gasteiger partial charge < -0.3 is 14.9 Å². The van der Waals surface area contributed by atoms with Crippen LogP contribution in [-0.2, 0) is 9.59 Å². The summed E-state index contributed by atoms with van der Waals surface area (Å²) in [6.07, 6.45) is 2.87. The first-order valence-corrected chi connectivity index (χ1v) is 9.36. The summed E-state index contributed by atoms with van der Waals surface area (Å²) in [5.74, 6) is -1.28. The maximum atomic E-state index is 12.8. The molecule has 4 rings (SSSR count). The minimum absolute atomic E-state index is 0.0560. The van der Waals surface area contributed by atoms with Gasteiger partial charge in [-0.05, 0) is 25.0 Å². The number of amides is 2. The van der Waals surface area contributed by atoms with Crippen LogP contribution in [0.4, 0.5) is 0 Å². The van der Waals surface area contributed by atoms with Crippen LogP contribution >= 0.6 is 11.6 Å². The number of carboxylic acid groups (broad SMARTS) is 1. The fourth-order valence-corrected chi connectivity index (χ4v) is 4.63. The first-order chi connectivity index (χ1) is 12.4. The Morgan fingerprint density at radius 2 is 1.73 bits per heavy atom. The van der Waals surface area contributed by atoms with Crippen LogP contribution < -0.4 is 0 Å². The minimum Gasteiger partial charge on any atom is -0.481 e. The van der Waals surface area contributed by atoms with Crippen molar-refractivity contribution >= 4 is 29.4 Å². The molecule has 0 bridgehead atoms. The summed E-state index contributed by atoms with van der Waals surface area (Å²) in [7, 11) is 0. The molecule has 1 saturated carbocycles. The highest BCUT2D eigenvalue weighted by Crippen LogP contribution is 2.44. The van der Waals surface area contributed by atoms with Gasteiger partial charge in [0.15, 0.2) is 0 Å². The van der Waals surface area contributed by atoms with Gasteiger partial charge in [-0.1, -0.05) is 30.2 Å². The van der Waals surface area contributed by atoms with Crippen molar-refractivity contribution in [2.24, 2.45) is 17.3 Å². The number of likely N-dealkylation sites (tertiary alicyclic amines) is 2. The predicted octanol–water partition coefficient (Wildman–Crippen LogP) is 2.13. The van der Waals surface area contributed by atoms with Crippen LogP contribution in [0.2, 0.25) is 5.02 Å². The molecule has 2 atom stereocenters. The molecule has 6 nitrogen and oxygen atoms in total. The Kier molecular flexibility index (Phi) is 4.18. The van der Waals surface area contributed by atoms with Crippen molar-refractivity contribution in [2.75, 3.05) is 26.2 Å². The van der Waals surface area contributed by atoms with Gasteiger partial charge >= 0.3 is 5.97 Å². The van der Waals surface area contributed by atoms with Crippen molar-refractivity contribution in [1.82, 2.24) is 9.80 Å². The molecular formula is C19H21ClN2O4. The molecule has 2 heterocycles. The van der Waals surface area contributed by atoms with Crippen molar-refractivity contribution < 1.29 is 19.5 Å². The van der Waals surface area contributed by atoms with Gasteiger partial charge in [-0.2, -0.15) is 0 Å². The van der Waals surface area contributed by atoms with Gasteiger partial charge in [0.05, 0.1) is 10.6 Å². The van der Waals surface area contributed by atoms with Crippen molar-refractivity contribution in [3.63, 3.8) is 0 Å². The smallest absolute Gasteiger partial charge is 0.313 e. The van der Waals surface area contributed by atoms with Gasteiger partial charge in [0, 0.05) is 38.0 Å². The average Bonchev–Trinajstić information content (AvgIpc) is 3.08. The van der Waals surface area contributed by atoms with E-state index in [1.807, 2.05) is 0 Å². The Bertz CT molecular complexity index is 779. The third-order valence-corrected chi connectivity index (χ3v) is 6.52. The molecule has 138 valence electrons. The quantitative estimate of drug-likeness (QED) is 0.876. The first kappa shape index (κ1) is 17.3. The van der Waals surface area contributed by atoms with E-state index in [0.29, 0.717) is 23.7 Å². The second-order valence-electron chi connectivity index (χ2n) is 7.67. The predicted molar refractivity (Wildman–Crippen MR) is 94.8 cm³/mol. The van der Waals surface area contributed by atoms with E-state index in [4.69, 9.17) is 11.6 Å². The van der Waals surface area contributed by atoms with Crippen LogP contribution in [0, 0.1) is 17.3 Å². The van der Waals surface area contributed by atoms with Crippen LogP contribution in [0.15, 0.2) is 24.3 Å². The van der Waals surface area contributed by atoms with Crippen LogP contribution in [0.25, 0.3) is 0 Å². The van der Waals surface area contributed by atoms with E-state index in [1.165, 1.54) is 0 Å². The van der Waals surface area contributed by atoms with E-state index < -0.39 is 11.4 Å². The number of carboxylic acids is 1. The fraction of sp³-hybridized carbons (Fsp3) is 0.526. The fourth-order valence-electron chi connectivity index (χ4n) is 4.41. The zero-order valence-electron chi connectivity index (χ0n) is 14.4. The highest BCUT2D eigenvalue weighted by molar-refractivity contribution is 6.33. The molecule has 1 N–H and O–H groups in total. The molecule has 3 aliphatic rings. The van der Waals surface area contributed by atoms with Gasteiger partial charge in [-0.25, -0.2) is 0 Å². The molecule has 2 saturated heterocycles. The Balaban J connectivity index is 1.53. The third-order valence-electron chi connectivity index (χ3n) is 6.19. The number of fused-ring (bicyclic) bond motifs is 1. The highest BCUT2D eigenvalue weighted by atomic mass is 35.5. The van der Waals surface area contributed by atoms with E-state index in [-0.39, 0.29) is 36.7 Å². The molecule has 0 unspecified atom stereocenters. The van der Waals surface area contributed by atoms with Crippen molar-refractivity contribution in [3.8, 4) is 0 Å². The summed E-state index contributed by atoms with van der Waals surface area (Å²) in [6, 6.07) is 6.79. The molecule has 3 fully saturated rings. The standard InChI is InChI=1S/C19H21ClN2O4/c20-15-7-2-1-6-14(15)17(24)22-9-13-8-21(16(23)12-4-3-5-12)10-19(13,11-22)18(25)26/h1-2,6-7,12-13H,3-5,8-11H2,(H,25,26)/t13-,19-/m0/s1. The Morgan fingerprint density at radius 1 is 1.08 bits per heavy atom. The lowest BCUT2D eigenvalue weighted by molar-refractivity contribution is -0.149. The van der Waals surface area contributed by atoms with Gasteiger partial charge in [-0.15, -0.1) is 0 Å². The summed E-state index contributed by atoms with van der Waals surface area (Å²) in [6.45, 7) is 1.05. The van der Waals surface area contributed by atoms with Gasteiger partial charge in [-0.3, -0.25) is 14.4 Å². The molecule has 0 spiro atoms. The Morgan fingerprint density at radius 3 is 2.31 bits per heavy atom. The lowest BCUT2D eigenvalue weighted by atomic mass is 9.81. The second-order valence-corrected chi connectivity index (χ2v) is 8.08. The average molecular weight is 377 g/mol. The Hall–Kier alpha value is -2.08. The zero-order valence-corrected chi connectivity index (χ0v) is 15.1. The van der Waals surface area contributed by atoms with E-state index in [0.717, 1.165) is 19.3 Å². The summed E-state index contributed by atoms with van der Waals surface area (Å²) < 4.78 is 0. The number of aliphatic carboxylic acids is 1. The molecule has 1 aliphatic carbocycles. The highest BCUT2D eigenvalue weighted by Gasteiger charge is 2.59. The maximum Gasteiger partial charge on any atom is 0.313 e. The van der Waals surface area contributed by atoms with Crippen LogP contribution in [0.3, 0.4) is 0 Å². The summed E-state index contributed by atoms with van der Waals surface area (Å²) >= 11 is 6.12. The third kappa shape index (κ3) is 2.58. The van der Waals surface area contributed by atoms with Gasteiger partial charge in [0.25, 0.3) is 5.91 Å². The number of carbonyl (C=O) groups excluding carboxylic acids is 2. The summed E-state index contributed by atoms with van der Waals surface area (Å²) in [4.78, 5) is 40.7. The molecule has 2 amide bonds. The van der Waals surface area contributed by atoms with Gasteiger partial charge in [0.2, 0.25) is 5.91 Å². The number of benzene rings is 1. The van der Waals surface area contributed by atoms with E-state index >= 15 is 0 Å². The monoisotopic (exact) mass is 376 g/mol. The SMILES string of the molecule is O=C(c1ccccc1Cl)N1C[C@@H]2CN(C(=O)C3CCC3)C[C@]2(C(=O)O)C1. The number of halogens is 1. The molecule has 26 heavy (non-hydrogen) atoms. The lowest BCUT2D eigenvalue weighted by Crippen LogP contribution is -2.44. The topological polar surface area (TPSA) is 77.9 Å². The molecular weight excluding hydrogens is 356 g/mol. The van der Waals surface area contributed by atoms with E-state index in [1.54, 1.807) is 34.1 Å². The van der Waals surface area contributed by atoms with E-state index in [9.17, 15) is 19.5 Å². The van der Waals surface area contributed by atoms with Crippen LogP contribution in [0.1, 0.15) is 29.6 Å². The lowest BCUT2D eigenvalue weighted by Gasteiger charge is -2.31. The minimum atomic E-state index is -1.07. The van der Waals surface area contributed by atoms with Crippen molar-refractivity contribution in [1.29, 1.82) is 0 Å². The number of hydrogen-bond donors (Lipinski definition) is 1.